The van der Waals surface area contributed by atoms with E-state index in [2.05, 4.69) is 4.98 Å². The van der Waals surface area contributed by atoms with Crippen LogP contribution in [-0.4, -0.2) is 12.0 Å². The van der Waals surface area contributed by atoms with E-state index in [4.69, 9.17) is 0 Å². The Hall–Kier alpha value is -1.97. The van der Waals surface area contributed by atoms with E-state index in [1.165, 1.54) is 18.2 Å². The average molecular weight is 248 g/mol. The maximum absolute atomic E-state index is 13.1. The van der Waals surface area contributed by atoms with Gasteiger partial charge in [-0.3, -0.25) is 0 Å². The third kappa shape index (κ3) is 2.64. The lowest BCUT2D eigenvalue weighted by atomic mass is 10.1. The summed E-state index contributed by atoms with van der Waals surface area (Å²) in [7, 11) is 1.83. The number of anilines is 1. The number of hydrogen-bond donors (Lipinski definition) is 0. The van der Waals surface area contributed by atoms with Crippen molar-refractivity contribution in [1.82, 2.24) is 4.98 Å². The molecule has 2 rings (SSSR count). The summed E-state index contributed by atoms with van der Waals surface area (Å²) in [6.45, 7) is 1.96. The van der Waals surface area contributed by atoms with Gasteiger partial charge in [0.05, 0.1) is 6.04 Å². The van der Waals surface area contributed by atoms with Crippen LogP contribution < -0.4 is 4.90 Å². The van der Waals surface area contributed by atoms with Crippen molar-refractivity contribution < 1.29 is 8.78 Å². The molecule has 0 saturated carbocycles. The van der Waals surface area contributed by atoms with Crippen molar-refractivity contribution in [2.45, 2.75) is 13.0 Å². The molecule has 0 aliphatic heterocycles. The lowest BCUT2D eigenvalue weighted by Gasteiger charge is -2.26. The van der Waals surface area contributed by atoms with Crippen molar-refractivity contribution in [3.05, 3.63) is 59.8 Å². The molecule has 0 radical (unpaired) electrons. The molecule has 4 heteroatoms. The van der Waals surface area contributed by atoms with Crippen molar-refractivity contribution >= 4 is 5.82 Å². The van der Waals surface area contributed by atoms with Crippen molar-refractivity contribution in [3.8, 4) is 0 Å². The van der Waals surface area contributed by atoms with Crippen LogP contribution in [0.3, 0.4) is 0 Å². The van der Waals surface area contributed by atoms with Crippen LogP contribution >= 0.6 is 0 Å². The van der Waals surface area contributed by atoms with Gasteiger partial charge in [-0.1, -0.05) is 18.2 Å². The number of rotatable bonds is 3. The molecule has 1 heterocycles. The van der Waals surface area contributed by atoms with E-state index >= 15 is 0 Å². The van der Waals surface area contributed by atoms with Crippen molar-refractivity contribution in [3.63, 3.8) is 0 Å². The molecular weight excluding hydrogens is 234 g/mol. The lowest BCUT2D eigenvalue weighted by molar-refractivity contribution is 0.578. The minimum Gasteiger partial charge on any atom is -0.353 e. The normalized spacial score (nSPS) is 12.2. The zero-order valence-electron chi connectivity index (χ0n) is 10.3. The average Bonchev–Trinajstić information content (AvgIpc) is 2.38. The zero-order chi connectivity index (χ0) is 13.1. The van der Waals surface area contributed by atoms with Crippen LogP contribution in [0.1, 0.15) is 18.5 Å². The van der Waals surface area contributed by atoms with Gasteiger partial charge in [-0.2, -0.15) is 4.39 Å². The van der Waals surface area contributed by atoms with Gasteiger partial charge in [-0.15, -0.1) is 0 Å². The Morgan fingerprint density at radius 3 is 2.33 bits per heavy atom. The third-order valence-corrected chi connectivity index (χ3v) is 3.00. The van der Waals surface area contributed by atoms with Crippen LogP contribution in [-0.2, 0) is 0 Å². The summed E-state index contributed by atoms with van der Waals surface area (Å²) < 4.78 is 25.9. The van der Waals surface area contributed by atoms with E-state index in [0.717, 1.165) is 5.56 Å². The van der Waals surface area contributed by atoms with E-state index in [1.54, 1.807) is 24.3 Å². The summed E-state index contributed by atoms with van der Waals surface area (Å²) >= 11 is 0. The highest BCUT2D eigenvalue weighted by Crippen LogP contribution is 2.23. The fourth-order valence-electron chi connectivity index (χ4n) is 1.76. The number of aromatic nitrogens is 1. The number of pyridine rings is 1. The summed E-state index contributed by atoms with van der Waals surface area (Å²) in [6.07, 6.45) is 0. The van der Waals surface area contributed by atoms with E-state index in [0.29, 0.717) is 5.82 Å². The molecule has 0 fully saturated rings. The van der Waals surface area contributed by atoms with E-state index in [9.17, 15) is 8.78 Å². The highest BCUT2D eigenvalue weighted by atomic mass is 19.1. The molecule has 0 bridgehead atoms. The highest BCUT2D eigenvalue weighted by Gasteiger charge is 2.13. The topological polar surface area (TPSA) is 16.1 Å². The Morgan fingerprint density at radius 2 is 1.72 bits per heavy atom. The van der Waals surface area contributed by atoms with Gasteiger partial charge in [-0.25, -0.2) is 9.37 Å². The molecule has 0 saturated heterocycles. The van der Waals surface area contributed by atoms with Crippen LogP contribution in [0.5, 0.6) is 0 Å². The molecule has 0 spiro atoms. The van der Waals surface area contributed by atoms with Crippen LogP contribution in [0.4, 0.5) is 14.6 Å². The second-order valence-electron chi connectivity index (χ2n) is 4.16. The maximum atomic E-state index is 13.1. The molecule has 94 valence electrons. The highest BCUT2D eigenvalue weighted by molar-refractivity contribution is 5.40. The number of benzene rings is 1. The largest absolute Gasteiger partial charge is 0.353 e. The fourth-order valence-corrected chi connectivity index (χ4v) is 1.76. The molecule has 0 amide bonds. The molecule has 1 aromatic carbocycles. The SMILES string of the molecule is CC(c1ccc(F)cc1)N(C)c1cccc(F)n1. The summed E-state index contributed by atoms with van der Waals surface area (Å²) in [5, 5.41) is 0. The van der Waals surface area contributed by atoms with Gasteiger partial charge >= 0.3 is 0 Å². The van der Waals surface area contributed by atoms with Crippen LogP contribution in [0.15, 0.2) is 42.5 Å². The monoisotopic (exact) mass is 248 g/mol. The predicted molar refractivity (Wildman–Crippen MR) is 67.4 cm³/mol. The Morgan fingerprint density at radius 1 is 1.06 bits per heavy atom. The standard InChI is InChI=1S/C14H14F2N2/c1-10(11-6-8-12(15)9-7-11)18(2)14-5-3-4-13(16)17-14/h3-10H,1-2H3. The van der Waals surface area contributed by atoms with Gasteiger partial charge in [0.15, 0.2) is 0 Å². The van der Waals surface area contributed by atoms with E-state index < -0.39 is 5.95 Å². The Kier molecular flexibility index (Phi) is 3.55. The first-order valence-electron chi connectivity index (χ1n) is 5.69. The number of hydrogen-bond acceptors (Lipinski definition) is 2. The summed E-state index contributed by atoms with van der Waals surface area (Å²) in [6, 6.07) is 10.9. The minimum absolute atomic E-state index is 0.0140. The van der Waals surface area contributed by atoms with Crippen LogP contribution in [0, 0.1) is 11.8 Å². The Bertz CT molecular complexity index is 526. The second kappa shape index (κ2) is 5.12. The molecule has 1 atom stereocenters. The first-order valence-corrected chi connectivity index (χ1v) is 5.69. The molecule has 1 unspecified atom stereocenters. The Labute approximate surface area is 105 Å². The van der Waals surface area contributed by atoms with Gasteiger partial charge in [0.1, 0.15) is 11.6 Å². The molecular formula is C14H14F2N2. The number of nitrogens with zero attached hydrogens (tertiary/aromatic N) is 2. The van der Waals surface area contributed by atoms with E-state index in [1.807, 2.05) is 18.9 Å². The zero-order valence-corrected chi connectivity index (χ0v) is 10.3. The molecule has 0 aliphatic rings. The smallest absolute Gasteiger partial charge is 0.214 e. The molecule has 0 aliphatic carbocycles. The second-order valence-corrected chi connectivity index (χ2v) is 4.16. The molecule has 0 N–H and O–H groups in total. The fraction of sp³-hybridized carbons (Fsp3) is 0.214. The van der Waals surface area contributed by atoms with Crippen LogP contribution in [0.25, 0.3) is 0 Å². The minimum atomic E-state index is -0.509. The summed E-state index contributed by atoms with van der Waals surface area (Å²) in [5.74, 6) is -0.227. The van der Waals surface area contributed by atoms with Gasteiger partial charge < -0.3 is 4.90 Å². The molecule has 18 heavy (non-hydrogen) atoms. The first-order chi connectivity index (χ1) is 8.58. The van der Waals surface area contributed by atoms with Gasteiger partial charge in [0, 0.05) is 7.05 Å². The van der Waals surface area contributed by atoms with Crippen molar-refractivity contribution in [2.75, 3.05) is 11.9 Å². The molecule has 2 aromatic rings. The first kappa shape index (κ1) is 12.5. The number of halogens is 2. The summed E-state index contributed by atoms with van der Waals surface area (Å²) in [4.78, 5) is 5.67. The van der Waals surface area contributed by atoms with E-state index in [-0.39, 0.29) is 11.9 Å². The molecule has 2 nitrogen and oxygen atoms in total. The van der Waals surface area contributed by atoms with Gasteiger partial charge in [-0.05, 0) is 36.8 Å². The van der Waals surface area contributed by atoms with Crippen LogP contribution in [0.2, 0.25) is 0 Å². The lowest BCUT2D eigenvalue weighted by Crippen LogP contribution is -2.22. The molecule has 1 aromatic heterocycles. The van der Waals surface area contributed by atoms with Gasteiger partial charge in [0.25, 0.3) is 0 Å². The predicted octanol–water partition coefficient (Wildman–Crippen LogP) is 3.56. The Balaban J connectivity index is 2.23. The maximum Gasteiger partial charge on any atom is 0.214 e. The summed E-state index contributed by atoms with van der Waals surface area (Å²) in [5.41, 5.74) is 0.949. The quantitative estimate of drug-likeness (QED) is 0.772. The van der Waals surface area contributed by atoms with Gasteiger partial charge in [0.2, 0.25) is 5.95 Å². The van der Waals surface area contributed by atoms with Crippen molar-refractivity contribution in [2.24, 2.45) is 0 Å². The van der Waals surface area contributed by atoms with Crippen molar-refractivity contribution in [1.29, 1.82) is 0 Å². The third-order valence-electron chi connectivity index (χ3n) is 3.00.